The number of benzene rings is 1. The number of nitrogens with zero attached hydrogens (tertiary/aromatic N) is 2. The van der Waals surface area contributed by atoms with E-state index in [0.29, 0.717) is 18.8 Å². The Morgan fingerprint density at radius 1 is 1.25 bits per heavy atom. The van der Waals surface area contributed by atoms with Crippen LogP contribution in [0.15, 0.2) is 42.6 Å². The van der Waals surface area contributed by atoms with Gasteiger partial charge in [0.2, 0.25) is 0 Å². The molecule has 0 radical (unpaired) electrons. The van der Waals surface area contributed by atoms with E-state index in [1.54, 1.807) is 6.07 Å². The molecule has 1 fully saturated rings. The molecule has 1 aromatic heterocycles. The number of halogens is 1. The Morgan fingerprint density at radius 3 is 2.75 bits per heavy atom. The van der Waals surface area contributed by atoms with Crippen LogP contribution in [0, 0.1) is 5.82 Å². The summed E-state index contributed by atoms with van der Waals surface area (Å²) in [6.45, 7) is 1.27. The van der Waals surface area contributed by atoms with Crippen LogP contribution < -0.4 is 0 Å². The summed E-state index contributed by atoms with van der Waals surface area (Å²) in [6.07, 6.45) is 2.68. The molecular formula is C16H17FN2O. The molecule has 1 aliphatic rings. The minimum absolute atomic E-state index is 0.0244. The molecule has 4 heteroatoms. The van der Waals surface area contributed by atoms with Crippen molar-refractivity contribution in [3.05, 3.63) is 59.7 Å². The average molecular weight is 272 g/mol. The van der Waals surface area contributed by atoms with Crippen molar-refractivity contribution < 1.29 is 9.18 Å². The van der Waals surface area contributed by atoms with Gasteiger partial charge in [-0.25, -0.2) is 4.39 Å². The van der Waals surface area contributed by atoms with Gasteiger partial charge in [0.25, 0.3) is 5.91 Å². The van der Waals surface area contributed by atoms with Crippen LogP contribution in [-0.2, 0) is 7.05 Å². The molecule has 3 rings (SSSR count). The molecule has 1 aromatic carbocycles. The van der Waals surface area contributed by atoms with E-state index >= 15 is 0 Å². The van der Waals surface area contributed by atoms with Crippen molar-refractivity contribution in [1.29, 1.82) is 0 Å². The first-order valence-electron chi connectivity index (χ1n) is 6.82. The van der Waals surface area contributed by atoms with Crippen LogP contribution >= 0.6 is 0 Å². The molecule has 0 spiro atoms. The maximum Gasteiger partial charge on any atom is 0.270 e. The van der Waals surface area contributed by atoms with Crippen molar-refractivity contribution in [3.8, 4) is 0 Å². The number of rotatable bonds is 2. The molecule has 0 N–H and O–H groups in total. The number of hydrogen-bond donors (Lipinski definition) is 0. The van der Waals surface area contributed by atoms with Gasteiger partial charge in [-0.15, -0.1) is 0 Å². The standard InChI is InChI=1S/C16H17FN2O/c1-18-9-4-7-15(18)16(20)19-10-8-12(11-19)13-5-2-3-6-14(13)17/h2-7,9,12H,8,10-11H2,1H3/t12-/m1/s1. The van der Waals surface area contributed by atoms with Gasteiger partial charge >= 0.3 is 0 Å². The first kappa shape index (κ1) is 12.9. The topological polar surface area (TPSA) is 25.2 Å². The molecule has 0 saturated carbocycles. The third-order valence-electron chi connectivity index (χ3n) is 3.98. The third-order valence-corrected chi connectivity index (χ3v) is 3.98. The van der Waals surface area contributed by atoms with E-state index in [0.717, 1.165) is 12.0 Å². The fourth-order valence-corrected chi connectivity index (χ4v) is 2.85. The quantitative estimate of drug-likeness (QED) is 0.825. The summed E-state index contributed by atoms with van der Waals surface area (Å²) in [5.74, 6) is -0.0533. The number of hydrogen-bond acceptors (Lipinski definition) is 1. The third kappa shape index (κ3) is 2.22. The maximum absolute atomic E-state index is 13.8. The van der Waals surface area contributed by atoms with Gasteiger partial charge < -0.3 is 9.47 Å². The molecule has 1 amide bonds. The van der Waals surface area contributed by atoms with E-state index in [9.17, 15) is 9.18 Å². The summed E-state index contributed by atoms with van der Waals surface area (Å²) in [6, 6.07) is 10.5. The SMILES string of the molecule is Cn1cccc1C(=O)N1CC[C@@H](c2ccccc2F)C1. The lowest BCUT2D eigenvalue weighted by atomic mass is 9.98. The lowest BCUT2D eigenvalue weighted by Crippen LogP contribution is -2.29. The lowest BCUT2D eigenvalue weighted by Gasteiger charge is -2.17. The molecule has 1 aliphatic heterocycles. The largest absolute Gasteiger partial charge is 0.347 e. The highest BCUT2D eigenvalue weighted by Crippen LogP contribution is 2.29. The van der Waals surface area contributed by atoms with Gasteiger partial charge in [0, 0.05) is 32.3 Å². The second-order valence-electron chi connectivity index (χ2n) is 5.26. The molecule has 104 valence electrons. The Bertz CT molecular complexity index is 635. The van der Waals surface area contributed by atoms with Crippen LogP contribution in [0.25, 0.3) is 0 Å². The molecule has 0 aliphatic carbocycles. The zero-order valence-corrected chi connectivity index (χ0v) is 11.4. The lowest BCUT2D eigenvalue weighted by molar-refractivity contribution is 0.0781. The number of carbonyl (C=O) groups is 1. The first-order valence-corrected chi connectivity index (χ1v) is 6.82. The van der Waals surface area contributed by atoms with Crippen molar-refractivity contribution >= 4 is 5.91 Å². The Morgan fingerprint density at radius 2 is 2.05 bits per heavy atom. The average Bonchev–Trinajstić information content (AvgIpc) is 3.07. The Kier molecular flexibility index (Phi) is 3.30. The molecule has 1 atom stereocenters. The van der Waals surface area contributed by atoms with E-state index in [2.05, 4.69) is 0 Å². The highest BCUT2D eigenvalue weighted by Gasteiger charge is 2.30. The Labute approximate surface area is 117 Å². The van der Waals surface area contributed by atoms with Crippen LogP contribution in [0.5, 0.6) is 0 Å². The monoisotopic (exact) mass is 272 g/mol. The van der Waals surface area contributed by atoms with Crippen molar-refractivity contribution in [2.45, 2.75) is 12.3 Å². The van der Waals surface area contributed by atoms with Gasteiger partial charge in [-0.3, -0.25) is 4.79 Å². The molecule has 0 unspecified atom stereocenters. The first-order chi connectivity index (χ1) is 9.66. The molecule has 20 heavy (non-hydrogen) atoms. The van der Waals surface area contributed by atoms with Crippen LogP contribution in [0.1, 0.15) is 28.4 Å². The molecular weight excluding hydrogens is 255 g/mol. The summed E-state index contributed by atoms with van der Waals surface area (Å²) >= 11 is 0. The fraction of sp³-hybridized carbons (Fsp3) is 0.312. The van der Waals surface area contributed by atoms with Gasteiger partial charge in [-0.1, -0.05) is 18.2 Å². The highest BCUT2D eigenvalue weighted by molar-refractivity contribution is 5.93. The Balaban J connectivity index is 1.76. The summed E-state index contributed by atoms with van der Waals surface area (Å²) in [4.78, 5) is 14.2. The van der Waals surface area contributed by atoms with Gasteiger partial charge in [0.05, 0.1) is 0 Å². The number of likely N-dealkylation sites (tertiary alicyclic amines) is 1. The fourth-order valence-electron chi connectivity index (χ4n) is 2.85. The van der Waals surface area contributed by atoms with Crippen LogP contribution in [0.3, 0.4) is 0 Å². The minimum Gasteiger partial charge on any atom is -0.347 e. The molecule has 2 heterocycles. The normalized spacial score (nSPS) is 18.5. The van der Waals surface area contributed by atoms with E-state index in [1.165, 1.54) is 6.07 Å². The number of aryl methyl sites for hydroxylation is 1. The number of aromatic nitrogens is 1. The molecule has 1 saturated heterocycles. The minimum atomic E-state index is -0.175. The number of amides is 1. The summed E-state index contributed by atoms with van der Waals surface area (Å²) in [7, 11) is 1.86. The van der Waals surface area contributed by atoms with Gasteiger partial charge in [0.1, 0.15) is 11.5 Å². The van der Waals surface area contributed by atoms with Crippen molar-refractivity contribution in [2.24, 2.45) is 7.05 Å². The Hall–Kier alpha value is -2.10. The summed E-state index contributed by atoms with van der Waals surface area (Å²) < 4.78 is 15.6. The van der Waals surface area contributed by atoms with E-state index in [1.807, 2.05) is 47.0 Å². The number of carbonyl (C=O) groups excluding carboxylic acids is 1. The van der Waals surface area contributed by atoms with E-state index in [4.69, 9.17) is 0 Å². The molecule has 2 aromatic rings. The maximum atomic E-state index is 13.8. The molecule has 3 nitrogen and oxygen atoms in total. The predicted octanol–water partition coefficient (Wildman–Crippen LogP) is 2.79. The van der Waals surface area contributed by atoms with Gasteiger partial charge in [-0.2, -0.15) is 0 Å². The van der Waals surface area contributed by atoms with E-state index < -0.39 is 0 Å². The van der Waals surface area contributed by atoms with Crippen LogP contribution in [-0.4, -0.2) is 28.5 Å². The van der Waals surface area contributed by atoms with Crippen LogP contribution in [0.2, 0.25) is 0 Å². The van der Waals surface area contributed by atoms with Gasteiger partial charge in [0.15, 0.2) is 0 Å². The van der Waals surface area contributed by atoms with E-state index in [-0.39, 0.29) is 17.6 Å². The second kappa shape index (κ2) is 5.12. The smallest absolute Gasteiger partial charge is 0.270 e. The summed E-state index contributed by atoms with van der Waals surface area (Å²) in [5.41, 5.74) is 1.40. The van der Waals surface area contributed by atoms with Crippen molar-refractivity contribution in [1.82, 2.24) is 9.47 Å². The van der Waals surface area contributed by atoms with Gasteiger partial charge in [-0.05, 0) is 30.2 Å². The molecule has 0 bridgehead atoms. The van der Waals surface area contributed by atoms with Crippen molar-refractivity contribution in [2.75, 3.05) is 13.1 Å². The highest BCUT2D eigenvalue weighted by atomic mass is 19.1. The predicted molar refractivity (Wildman–Crippen MR) is 75.1 cm³/mol. The zero-order valence-electron chi connectivity index (χ0n) is 11.4. The zero-order chi connectivity index (χ0) is 14.1. The van der Waals surface area contributed by atoms with Crippen LogP contribution in [0.4, 0.5) is 4.39 Å². The summed E-state index contributed by atoms with van der Waals surface area (Å²) in [5, 5.41) is 0. The van der Waals surface area contributed by atoms with Crippen molar-refractivity contribution in [3.63, 3.8) is 0 Å². The second-order valence-corrected chi connectivity index (χ2v) is 5.26.